The third-order valence-electron chi connectivity index (χ3n) is 4.57. The highest BCUT2D eigenvalue weighted by atomic mass is 32.2. The number of nitrogens with one attached hydrogen (secondary N) is 1. The Kier molecular flexibility index (Phi) is 4.73. The Morgan fingerprint density at radius 2 is 1.78 bits per heavy atom. The van der Waals surface area contributed by atoms with E-state index in [0.717, 1.165) is 44.1 Å². The standard InChI is InChI=1S/C17H24N2O3S/c1-13-6-9-15(12-16(13)17(20)18-14-7-8-14)23(21,22)19-10-4-2-3-5-11-19/h6,9,12,14H,2-5,7-8,10-11H2,1H3,(H,18,20). The maximum Gasteiger partial charge on any atom is 0.251 e. The molecule has 5 nitrogen and oxygen atoms in total. The van der Waals surface area contributed by atoms with E-state index in [1.807, 2.05) is 6.92 Å². The molecule has 0 unspecified atom stereocenters. The molecule has 2 aliphatic rings. The lowest BCUT2D eigenvalue weighted by molar-refractivity contribution is 0.0950. The normalized spacial score (nSPS) is 20.0. The summed E-state index contributed by atoms with van der Waals surface area (Å²) in [4.78, 5) is 12.5. The van der Waals surface area contributed by atoms with E-state index in [2.05, 4.69) is 5.32 Å². The van der Waals surface area contributed by atoms with Crippen LogP contribution in [0.25, 0.3) is 0 Å². The summed E-state index contributed by atoms with van der Waals surface area (Å²) in [7, 11) is -3.52. The number of carbonyl (C=O) groups is 1. The van der Waals surface area contributed by atoms with E-state index in [4.69, 9.17) is 0 Å². The third-order valence-corrected chi connectivity index (χ3v) is 6.46. The molecule has 1 heterocycles. The fourth-order valence-electron chi connectivity index (χ4n) is 2.93. The summed E-state index contributed by atoms with van der Waals surface area (Å²) in [6.45, 7) is 2.98. The molecule has 2 fully saturated rings. The zero-order valence-corrected chi connectivity index (χ0v) is 14.4. The van der Waals surface area contributed by atoms with Gasteiger partial charge in [-0.15, -0.1) is 0 Å². The van der Waals surface area contributed by atoms with Gasteiger partial charge in [-0.2, -0.15) is 4.31 Å². The van der Waals surface area contributed by atoms with Crippen molar-refractivity contribution in [2.24, 2.45) is 0 Å². The average molecular weight is 336 g/mol. The molecule has 1 aliphatic carbocycles. The lowest BCUT2D eigenvalue weighted by Gasteiger charge is -2.20. The number of rotatable bonds is 4. The van der Waals surface area contributed by atoms with E-state index in [1.54, 1.807) is 16.4 Å². The van der Waals surface area contributed by atoms with E-state index >= 15 is 0 Å². The van der Waals surface area contributed by atoms with Crippen molar-refractivity contribution in [2.45, 2.75) is 56.4 Å². The van der Waals surface area contributed by atoms with Gasteiger partial charge in [0.1, 0.15) is 0 Å². The molecule has 3 rings (SSSR count). The zero-order valence-electron chi connectivity index (χ0n) is 13.5. The van der Waals surface area contributed by atoms with Gasteiger partial charge < -0.3 is 5.32 Å². The minimum absolute atomic E-state index is 0.169. The van der Waals surface area contributed by atoms with Crippen LogP contribution in [0.1, 0.15) is 54.4 Å². The highest BCUT2D eigenvalue weighted by molar-refractivity contribution is 7.89. The van der Waals surface area contributed by atoms with Crippen LogP contribution in [0.15, 0.2) is 23.1 Å². The van der Waals surface area contributed by atoms with Gasteiger partial charge in [-0.05, 0) is 50.3 Å². The Labute approximate surface area is 138 Å². The van der Waals surface area contributed by atoms with Gasteiger partial charge in [0.05, 0.1) is 4.90 Å². The number of amides is 1. The van der Waals surface area contributed by atoms with E-state index in [9.17, 15) is 13.2 Å². The largest absolute Gasteiger partial charge is 0.349 e. The molecule has 1 N–H and O–H groups in total. The molecule has 0 aromatic heterocycles. The summed E-state index contributed by atoms with van der Waals surface area (Å²) >= 11 is 0. The Hall–Kier alpha value is -1.40. The van der Waals surface area contributed by atoms with E-state index in [-0.39, 0.29) is 16.8 Å². The van der Waals surface area contributed by atoms with E-state index < -0.39 is 10.0 Å². The quantitative estimate of drug-likeness (QED) is 0.918. The van der Waals surface area contributed by atoms with Gasteiger partial charge in [-0.1, -0.05) is 18.9 Å². The molecule has 0 radical (unpaired) electrons. The lowest BCUT2D eigenvalue weighted by atomic mass is 10.1. The van der Waals surface area contributed by atoms with Crippen molar-refractivity contribution in [3.05, 3.63) is 29.3 Å². The van der Waals surface area contributed by atoms with Gasteiger partial charge in [0.15, 0.2) is 0 Å². The molecule has 126 valence electrons. The number of benzene rings is 1. The molecule has 0 spiro atoms. The van der Waals surface area contributed by atoms with Crippen molar-refractivity contribution in [2.75, 3.05) is 13.1 Å². The predicted octanol–water partition coefficient (Wildman–Crippen LogP) is 2.45. The van der Waals surface area contributed by atoms with Crippen molar-refractivity contribution >= 4 is 15.9 Å². The summed E-state index contributed by atoms with van der Waals surface area (Å²) in [5.74, 6) is -0.169. The molecule has 1 saturated heterocycles. The zero-order chi connectivity index (χ0) is 16.4. The predicted molar refractivity (Wildman–Crippen MR) is 88.9 cm³/mol. The minimum atomic E-state index is -3.52. The van der Waals surface area contributed by atoms with Gasteiger partial charge in [0, 0.05) is 24.7 Å². The highest BCUT2D eigenvalue weighted by Gasteiger charge is 2.28. The molecule has 0 atom stereocenters. The molecular weight excluding hydrogens is 312 g/mol. The monoisotopic (exact) mass is 336 g/mol. The van der Waals surface area contributed by atoms with Crippen molar-refractivity contribution in [3.8, 4) is 0 Å². The number of sulfonamides is 1. The Balaban J connectivity index is 1.87. The van der Waals surface area contributed by atoms with Gasteiger partial charge in [0.25, 0.3) is 5.91 Å². The average Bonchev–Trinajstić information content (AvgIpc) is 3.33. The van der Waals surface area contributed by atoms with Gasteiger partial charge in [-0.25, -0.2) is 8.42 Å². The Morgan fingerprint density at radius 3 is 2.39 bits per heavy atom. The topological polar surface area (TPSA) is 66.5 Å². The van der Waals surface area contributed by atoms with Crippen LogP contribution in [0, 0.1) is 6.92 Å². The SMILES string of the molecule is Cc1ccc(S(=O)(=O)N2CCCCCC2)cc1C(=O)NC1CC1. The summed E-state index contributed by atoms with van der Waals surface area (Å²) < 4.78 is 27.3. The van der Waals surface area contributed by atoms with Crippen LogP contribution in [0.5, 0.6) is 0 Å². The number of nitrogens with zero attached hydrogens (tertiary/aromatic N) is 1. The number of hydrogen-bond acceptors (Lipinski definition) is 3. The first-order chi connectivity index (χ1) is 11.0. The molecule has 1 amide bonds. The number of aryl methyl sites for hydroxylation is 1. The first kappa shape index (κ1) is 16.5. The van der Waals surface area contributed by atoms with Gasteiger partial charge >= 0.3 is 0 Å². The Bertz CT molecular complexity index is 688. The molecule has 0 bridgehead atoms. The highest BCUT2D eigenvalue weighted by Crippen LogP contribution is 2.24. The first-order valence-corrected chi connectivity index (χ1v) is 9.84. The summed E-state index contributed by atoms with van der Waals surface area (Å²) in [6, 6.07) is 5.14. The second kappa shape index (κ2) is 6.61. The maximum atomic E-state index is 12.9. The number of hydrogen-bond donors (Lipinski definition) is 1. The third kappa shape index (κ3) is 3.75. The second-order valence-electron chi connectivity index (χ2n) is 6.54. The van der Waals surface area contributed by atoms with Crippen molar-refractivity contribution in [1.82, 2.24) is 9.62 Å². The summed E-state index contributed by atoms with van der Waals surface area (Å²) in [6.07, 6.45) is 5.98. The molecule has 23 heavy (non-hydrogen) atoms. The number of carbonyl (C=O) groups excluding carboxylic acids is 1. The molecule has 1 aromatic rings. The summed E-state index contributed by atoms with van der Waals surface area (Å²) in [5.41, 5.74) is 1.27. The maximum absolute atomic E-state index is 12.9. The first-order valence-electron chi connectivity index (χ1n) is 8.40. The molecule has 1 saturated carbocycles. The van der Waals surface area contributed by atoms with E-state index in [0.29, 0.717) is 18.7 Å². The molecule has 6 heteroatoms. The molecule has 1 aromatic carbocycles. The van der Waals surface area contributed by atoms with Crippen molar-refractivity contribution < 1.29 is 13.2 Å². The fourth-order valence-corrected chi connectivity index (χ4v) is 4.47. The van der Waals surface area contributed by atoms with Crippen molar-refractivity contribution in [1.29, 1.82) is 0 Å². The van der Waals surface area contributed by atoms with Crippen LogP contribution in [0.3, 0.4) is 0 Å². The van der Waals surface area contributed by atoms with Crippen LogP contribution < -0.4 is 5.32 Å². The second-order valence-corrected chi connectivity index (χ2v) is 8.48. The summed E-state index contributed by atoms with van der Waals surface area (Å²) in [5, 5.41) is 2.93. The van der Waals surface area contributed by atoms with Gasteiger partial charge in [0.2, 0.25) is 10.0 Å². The minimum Gasteiger partial charge on any atom is -0.349 e. The van der Waals surface area contributed by atoms with E-state index in [1.165, 1.54) is 6.07 Å². The lowest BCUT2D eigenvalue weighted by Crippen LogP contribution is -2.32. The van der Waals surface area contributed by atoms with Crippen LogP contribution in [-0.4, -0.2) is 37.8 Å². The smallest absolute Gasteiger partial charge is 0.251 e. The molecular formula is C17H24N2O3S. The fraction of sp³-hybridized carbons (Fsp3) is 0.588. The van der Waals surface area contributed by atoms with Gasteiger partial charge in [-0.3, -0.25) is 4.79 Å². The van der Waals surface area contributed by atoms with Crippen molar-refractivity contribution in [3.63, 3.8) is 0 Å². The Morgan fingerprint density at radius 1 is 1.13 bits per heavy atom. The van der Waals surface area contributed by atoms with Crippen LogP contribution in [-0.2, 0) is 10.0 Å². The van der Waals surface area contributed by atoms with Crippen LogP contribution >= 0.6 is 0 Å². The molecule has 1 aliphatic heterocycles. The van der Waals surface area contributed by atoms with Crippen LogP contribution in [0.4, 0.5) is 0 Å². The van der Waals surface area contributed by atoms with Crippen LogP contribution in [0.2, 0.25) is 0 Å².